The van der Waals surface area contributed by atoms with Crippen molar-refractivity contribution in [2.75, 3.05) is 0 Å². The second-order valence-electron chi connectivity index (χ2n) is 4.97. The van der Waals surface area contributed by atoms with Crippen LogP contribution in [0, 0.1) is 15.3 Å². The van der Waals surface area contributed by atoms with Crippen LogP contribution in [-0.4, -0.2) is 20.9 Å². The summed E-state index contributed by atoms with van der Waals surface area (Å²) in [6, 6.07) is 4.71. The van der Waals surface area contributed by atoms with E-state index >= 15 is 0 Å². The maximum Gasteiger partial charge on any atom is 0.270 e. The minimum absolute atomic E-state index is 0.0243. The van der Waals surface area contributed by atoms with E-state index in [-0.39, 0.29) is 5.69 Å². The number of nitrogens with zero attached hydrogens (tertiary/aromatic N) is 2. The number of hydrogen-bond donors (Lipinski definition) is 0. The maximum atomic E-state index is 12.0. The predicted octanol–water partition coefficient (Wildman–Crippen LogP) is 2.25. The van der Waals surface area contributed by atoms with Crippen molar-refractivity contribution in [3.8, 4) is 0 Å². The van der Waals surface area contributed by atoms with Gasteiger partial charge in [-0.2, -0.15) is 0 Å². The molecule has 0 bridgehead atoms. The van der Waals surface area contributed by atoms with Gasteiger partial charge >= 0.3 is 0 Å². The van der Waals surface area contributed by atoms with Gasteiger partial charge in [0, 0.05) is 39.3 Å². The zero-order valence-electron chi connectivity index (χ0n) is 10.1. The molecule has 0 amide bonds. The molecular formula is C12H14N2O3. The molecular weight excluding hydrogens is 220 g/mol. The van der Waals surface area contributed by atoms with E-state index < -0.39 is 10.5 Å². The highest BCUT2D eigenvalue weighted by atomic mass is 16.6. The van der Waals surface area contributed by atoms with E-state index in [1.54, 1.807) is 13.0 Å². The summed E-state index contributed by atoms with van der Waals surface area (Å²) in [4.78, 5) is 10.3. The van der Waals surface area contributed by atoms with E-state index in [4.69, 9.17) is 0 Å². The van der Waals surface area contributed by atoms with E-state index in [2.05, 4.69) is 0 Å². The molecule has 1 aliphatic rings. The van der Waals surface area contributed by atoms with Crippen molar-refractivity contribution in [3.63, 3.8) is 0 Å². The SMILES string of the molecule is CC1=[N+]([O-])C(C)(C)Cc2ccc([N+](=O)[O-])cc21. The molecule has 1 aromatic carbocycles. The number of hydrogen-bond acceptors (Lipinski definition) is 3. The second kappa shape index (κ2) is 3.55. The van der Waals surface area contributed by atoms with Gasteiger partial charge in [-0.05, 0) is 5.56 Å². The summed E-state index contributed by atoms with van der Waals surface area (Å²) in [5, 5.41) is 22.7. The van der Waals surface area contributed by atoms with Crippen LogP contribution in [0.4, 0.5) is 5.69 Å². The molecule has 17 heavy (non-hydrogen) atoms. The van der Waals surface area contributed by atoms with Gasteiger partial charge in [-0.3, -0.25) is 10.1 Å². The van der Waals surface area contributed by atoms with Crippen LogP contribution in [0.25, 0.3) is 0 Å². The molecule has 1 aromatic rings. The monoisotopic (exact) mass is 234 g/mol. The van der Waals surface area contributed by atoms with Gasteiger partial charge in [-0.25, -0.2) is 4.74 Å². The molecule has 0 radical (unpaired) electrons. The molecule has 5 nitrogen and oxygen atoms in total. The third kappa shape index (κ3) is 1.77. The Morgan fingerprint density at radius 1 is 1.41 bits per heavy atom. The molecule has 1 heterocycles. The minimum Gasteiger partial charge on any atom is -0.623 e. The van der Waals surface area contributed by atoms with Gasteiger partial charge in [0.1, 0.15) is 0 Å². The average Bonchev–Trinajstić information content (AvgIpc) is 2.25. The fraction of sp³-hybridized carbons (Fsp3) is 0.417. The summed E-state index contributed by atoms with van der Waals surface area (Å²) in [5.41, 5.74) is 1.75. The van der Waals surface area contributed by atoms with Crippen molar-refractivity contribution >= 4 is 11.4 Å². The standard InChI is InChI=1S/C12H14N2O3/c1-8-11-6-10(14(16)17)5-4-9(11)7-12(2,3)13(8)15/h4-6H,7H2,1-3H3. The molecule has 90 valence electrons. The summed E-state index contributed by atoms with van der Waals surface area (Å²) in [6.07, 6.45) is 0.598. The van der Waals surface area contributed by atoms with Gasteiger partial charge in [0.2, 0.25) is 0 Å². The maximum absolute atomic E-state index is 12.0. The van der Waals surface area contributed by atoms with Gasteiger partial charge in [-0.1, -0.05) is 6.07 Å². The van der Waals surface area contributed by atoms with E-state index in [0.29, 0.717) is 17.7 Å². The fourth-order valence-corrected chi connectivity index (χ4v) is 2.27. The lowest BCUT2D eigenvalue weighted by Crippen LogP contribution is -2.42. The molecule has 0 saturated heterocycles. The van der Waals surface area contributed by atoms with Crippen LogP contribution >= 0.6 is 0 Å². The van der Waals surface area contributed by atoms with Crippen molar-refractivity contribution in [3.05, 3.63) is 44.6 Å². The Morgan fingerprint density at radius 3 is 2.65 bits per heavy atom. The lowest BCUT2D eigenvalue weighted by molar-refractivity contribution is -0.542. The molecule has 0 aliphatic carbocycles. The number of nitro benzene ring substituents is 1. The Kier molecular flexibility index (Phi) is 2.41. The number of non-ortho nitro benzene ring substituents is 1. The van der Waals surface area contributed by atoms with E-state index in [1.165, 1.54) is 12.1 Å². The number of benzene rings is 1. The Morgan fingerprint density at radius 2 is 2.06 bits per heavy atom. The van der Waals surface area contributed by atoms with Gasteiger partial charge in [0.15, 0.2) is 11.3 Å². The quantitative estimate of drug-likeness (QED) is 0.324. The Labute approximate surface area is 99.1 Å². The highest BCUT2D eigenvalue weighted by Gasteiger charge is 2.35. The summed E-state index contributed by atoms with van der Waals surface area (Å²) in [6.45, 7) is 5.44. The Hall–Kier alpha value is -1.91. The van der Waals surface area contributed by atoms with E-state index in [1.807, 2.05) is 13.8 Å². The number of fused-ring (bicyclic) bond motifs is 1. The van der Waals surface area contributed by atoms with Crippen molar-refractivity contribution in [1.29, 1.82) is 0 Å². The number of hydroxylamine groups is 1. The fourth-order valence-electron chi connectivity index (χ4n) is 2.27. The molecule has 0 N–H and O–H groups in total. The normalized spacial score (nSPS) is 17.8. The zero-order chi connectivity index (χ0) is 12.8. The highest BCUT2D eigenvalue weighted by Crippen LogP contribution is 2.28. The molecule has 0 spiro atoms. The average molecular weight is 234 g/mol. The van der Waals surface area contributed by atoms with Crippen LogP contribution in [0.15, 0.2) is 18.2 Å². The third-order valence-electron chi connectivity index (χ3n) is 3.17. The topological polar surface area (TPSA) is 69.2 Å². The van der Waals surface area contributed by atoms with Crippen LogP contribution < -0.4 is 0 Å². The molecule has 0 unspecified atom stereocenters. The molecule has 2 rings (SSSR count). The summed E-state index contributed by atoms with van der Waals surface area (Å²) < 4.78 is 0.944. The van der Waals surface area contributed by atoms with Crippen molar-refractivity contribution in [2.24, 2.45) is 0 Å². The van der Waals surface area contributed by atoms with Crippen LogP contribution in [0.3, 0.4) is 0 Å². The van der Waals surface area contributed by atoms with Gasteiger partial charge in [0.25, 0.3) is 5.69 Å². The molecule has 0 atom stereocenters. The predicted molar refractivity (Wildman–Crippen MR) is 64.3 cm³/mol. The first-order chi connectivity index (χ1) is 7.83. The molecule has 0 saturated carbocycles. The molecule has 5 heteroatoms. The summed E-state index contributed by atoms with van der Waals surface area (Å²) >= 11 is 0. The van der Waals surface area contributed by atoms with E-state index in [9.17, 15) is 15.3 Å². The summed E-state index contributed by atoms with van der Waals surface area (Å²) in [5.74, 6) is 0. The number of nitro groups is 1. The van der Waals surface area contributed by atoms with E-state index in [0.717, 1.165) is 10.3 Å². The summed E-state index contributed by atoms with van der Waals surface area (Å²) in [7, 11) is 0. The first-order valence-electron chi connectivity index (χ1n) is 5.41. The van der Waals surface area contributed by atoms with Crippen LogP contribution in [-0.2, 0) is 6.42 Å². The highest BCUT2D eigenvalue weighted by molar-refractivity contribution is 5.97. The van der Waals surface area contributed by atoms with Crippen LogP contribution in [0.1, 0.15) is 31.9 Å². The van der Waals surface area contributed by atoms with Gasteiger partial charge in [0.05, 0.1) is 10.5 Å². The first kappa shape index (κ1) is 11.6. The first-order valence-corrected chi connectivity index (χ1v) is 5.41. The van der Waals surface area contributed by atoms with Crippen LogP contribution in [0.2, 0.25) is 0 Å². The molecule has 0 aromatic heterocycles. The zero-order valence-corrected chi connectivity index (χ0v) is 10.1. The molecule has 0 fully saturated rings. The molecule has 1 aliphatic heterocycles. The largest absolute Gasteiger partial charge is 0.623 e. The Balaban J connectivity index is 2.62. The second-order valence-corrected chi connectivity index (χ2v) is 4.97. The van der Waals surface area contributed by atoms with Crippen molar-refractivity contribution < 1.29 is 9.66 Å². The van der Waals surface area contributed by atoms with Crippen LogP contribution in [0.5, 0.6) is 0 Å². The van der Waals surface area contributed by atoms with Crippen molar-refractivity contribution in [2.45, 2.75) is 32.7 Å². The van der Waals surface area contributed by atoms with Gasteiger partial charge in [-0.15, -0.1) is 0 Å². The smallest absolute Gasteiger partial charge is 0.270 e. The van der Waals surface area contributed by atoms with Crippen molar-refractivity contribution in [1.82, 2.24) is 0 Å². The minimum atomic E-state index is -0.493. The third-order valence-corrected chi connectivity index (χ3v) is 3.17. The lowest BCUT2D eigenvalue weighted by Gasteiger charge is -2.30. The Bertz CT molecular complexity index is 533. The number of rotatable bonds is 1. The van der Waals surface area contributed by atoms with Gasteiger partial charge < -0.3 is 5.21 Å². The lowest BCUT2D eigenvalue weighted by atomic mass is 9.86.